The van der Waals surface area contributed by atoms with Gasteiger partial charge in [-0.2, -0.15) is 0 Å². The highest BCUT2D eigenvalue weighted by Gasteiger charge is 2.22. The molecule has 0 spiro atoms. The summed E-state index contributed by atoms with van der Waals surface area (Å²) in [5.41, 5.74) is 36.7. The largest absolute Gasteiger partial charge is 0.0622 e. The monoisotopic (exact) mass is 1820 g/mol. The van der Waals surface area contributed by atoms with Gasteiger partial charge in [-0.3, -0.25) is 0 Å². The van der Waals surface area contributed by atoms with Crippen molar-refractivity contribution in [1.82, 2.24) is 0 Å². The van der Waals surface area contributed by atoms with Gasteiger partial charge in [-0.1, -0.05) is 504 Å². The summed E-state index contributed by atoms with van der Waals surface area (Å²) in [6, 6.07) is 212. The van der Waals surface area contributed by atoms with Gasteiger partial charge in [-0.25, -0.2) is 0 Å². The van der Waals surface area contributed by atoms with Crippen molar-refractivity contribution >= 4 is 97.0 Å². The predicted molar refractivity (Wildman–Crippen MR) is 618 cm³/mol. The van der Waals surface area contributed by atoms with E-state index in [2.05, 4.69) is 582 Å². The van der Waals surface area contributed by atoms with Gasteiger partial charge in [-0.15, -0.1) is 0 Å². The Balaban J connectivity index is 0.000000113. The lowest BCUT2D eigenvalue weighted by Crippen LogP contribution is -1.90. The lowest BCUT2D eigenvalue weighted by molar-refractivity contribution is 1.56. The molecular weight excluding hydrogens is 1730 g/mol. The van der Waals surface area contributed by atoms with Crippen molar-refractivity contribution in [3.8, 4) is 167 Å². The van der Waals surface area contributed by atoms with Crippen LogP contribution in [-0.2, 0) is 0 Å². The molecule has 0 aliphatic heterocycles. The lowest BCUT2D eigenvalue weighted by Gasteiger charge is -2.17. The van der Waals surface area contributed by atoms with E-state index in [1.54, 1.807) is 0 Å². The van der Waals surface area contributed by atoms with Crippen LogP contribution < -0.4 is 0 Å². The van der Waals surface area contributed by atoms with Crippen LogP contribution in [0.5, 0.6) is 0 Å². The van der Waals surface area contributed by atoms with Crippen LogP contribution in [0.1, 0.15) is 0 Å². The Morgan fingerprint density at radius 1 is 0.0625 bits per heavy atom. The summed E-state index contributed by atoms with van der Waals surface area (Å²) in [7, 11) is 0. The van der Waals surface area contributed by atoms with E-state index in [9.17, 15) is 0 Å². The molecule has 0 unspecified atom stereocenters. The fraction of sp³-hybridized carbons (Fsp3) is 0. The average Bonchev–Trinajstić information content (AvgIpc) is 0.732. The van der Waals surface area contributed by atoms with Crippen molar-refractivity contribution < 1.29 is 0 Å². The molecule has 0 saturated heterocycles. The normalized spacial score (nSPS) is 11.3. The van der Waals surface area contributed by atoms with Gasteiger partial charge in [0.2, 0.25) is 0 Å². The predicted octanol–water partition coefficient (Wildman–Crippen LogP) is 40.4. The fourth-order valence-electron chi connectivity index (χ4n) is 21.9. The van der Waals surface area contributed by atoms with Crippen LogP contribution in [0.2, 0.25) is 0 Å². The van der Waals surface area contributed by atoms with E-state index in [-0.39, 0.29) is 0 Å². The molecule has 27 rings (SSSR count). The highest BCUT2D eigenvalue weighted by Crippen LogP contribution is 2.49. The molecular formula is C144H96. The van der Waals surface area contributed by atoms with Gasteiger partial charge >= 0.3 is 0 Å². The second-order valence-corrected chi connectivity index (χ2v) is 37.5. The van der Waals surface area contributed by atoms with Gasteiger partial charge in [0, 0.05) is 0 Å². The third kappa shape index (κ3) is 17.0. The smallest absolute Gasteiger partial charge is 0.00199 e. The molecule has 0 heterocycles. The first-order valence-electron chi connectivity index (χ1n) is 49.8. The van der Waals surface area contributed by atoms with E-state index in [1.807, 2.05) is 0 Å². The third-order valence-corrected chi connectivity index (χ3v) is 28.9. The molecule has 0 nitrogen and oxygen atoms in total. The molecule has 0 bridgehead atoms. The average molecular weight is 1830 g/mol. The zero-order chi connectivity index (χ0) is 95.6. The molecule has 144 heavy (non-hydrogen) atoms. The molecule has 0 atom stereocenters. The Hall–Kier alpha value is -18.7. The lowest BCUT2D eigenvalue weighted by atomic mass is 9.86. The van der Waals surface area contributed by atoms with E-state index in [4.69, 9.17) is 0 Å². The van der Waals surface area contributed by atoms with Crippen molar-refractivity contribution in [1.29, 1.82) is 0 Å². The highest BCUT2D eigenvalue weighted by molar-refractivity contribution is 6.32. The molecule has 0 aromatic heterocycles. The first-order valence-corrected chi connectivity index (χ1v) is 49.8. The van der Waals surface area contributed by atoms with Crippen LogP contribution in [0, 0.1) is 0 Å². The summed E-state index contributed by atoms with van der Waals surface area (Å²) in [5.74, 6) is 0. The zero-order valence-electron chi connectivity index (χ0n) is 79.4. The number of hydrogen-bond acceptors (Lipinski definition) is 0. The van der Waals surface area contributed by atoms with E-state index in [0.29, 0.717) is 0 Å². The molecule has 27 aromatic rings. The number of hydrogen-bond donors (Lipinski definition) is 0. The third-order valence-electron chi connectivity index (χ3n) is 28.9. The maximum absolute atomic E-state index is 2.41. The van der Waals surface area contributed by atoms with Gasteiger partial charge in [0.1, 0.15) is 0 Å². The van der Waals surface area contributed by atoms with Crippen LogP contribution >= 0.6 is 0 Å². The SMILES string of the molecule is c1ccc(-c2cc(-c3ccccc3)cc(-c3cccc(-c4cc(-c5ccccc5)c5c6ccccc6c6ccccc6c5c4)c3)c2)cc1.c1ccc(-c2ccc(-c3ccc(-c4ccc(-c5cc(-c6ccccc6)c6c7ccccc7c7ccccc7c6c5)cc4)cc3)cc2)cc1.c1ccc(-c2cccc(-c3cccc(-c4cccc(-c5cc(-c6ccccc6)c6c7ccccc7c7ccccc7c6c5)c4)c3)c2)cc1. The summed E-state index contributed by atoms with van der Waals surface area (Å²) in [6.07, 6.45) is 0. The first-order chi connectivity index (χ1) is 71.4. The standard InChI is InChI=1S/3C48H32/c1-4-15-33(16-5-1)38-28-39(34-17-6-2-7-18-34)30-40(29-38)36-21-14-22-37(27-36)41-31-46(35-19-8-3-9-20-35)48-45-26-13-12-24-43(45)42-23-10-11-25-44(42)47(48)32-41;1-3-14-33(15-4-1)35-18-11-19-36(28-35)37-20-12-21-38(29-37)39-22-13-23-40(30-39)41-31-46(34-16-5-2-6-17-34)48-45-27-10-9-25-43(45)42-24-7-8-26-44(42)47(48)32-41;1-3-11-33(12-4-1)34-19-21-35(22-20-34)36-23-25-37(26-24-36)38-27-29-39(30-28-38)41-31-46(40-13-5-2-6-14-40)48-45-18-10-9-16-43(45)42-15-7-8-17-44(42)47(48)32-41/h3*1-32H. The molecule has 0 aliphatic rings. The molecule has 672 valence electrons. The molecule has 0 amide bonds. The molecule has 0 radical (unpaired) electrons. The summed E-state index contributed by atoms with van der Waals surface area (Å²) >= 11 is 0. The van der Waals surface area contributed by atoms with Gasteiger partial charge in [0.05, 0.1) is 0 Å². The Morgan fingerprint density at radius 3 is 0.424 bits per heavy atom. The number of rotatable bonds is 15. The highest BCUT2D eigenvalue weighted by atomic mass is 14.3. The molecule has 0 saturated carbocycles. The molecule has 27 aromatic carbocycles. The Labute approximate surface area is 840 Å². The maximum Gasteiger partial charge on any atom is -0.00199 e. The summed E-state index contributed by atoms with van der Waals surface area (Å²) < 4.78 is 0. The maximum atomic E-state index is 2.41. The Bertz CT molecular complexity index is 9410. The van der Waals surface area contributed by atoms with Gasteiger partial charge in [0.15, 0.2) is 0 Å². The van der Waals surface area contributed by atoms with Crippen molar-refractivity contribution in [2.75, 3.05) is 0 Å². The van der Waals surface area contributed by atoms with Crippen molar-refractivity contribution in [2.24, 2.45) is 0 Å². The minimum Gasteiger partial charge on any atom is -0.0622 e. The number of benzene rings is 27. The summed E-state index contributed by atoms with van der Waals surface area (Å²) in [6.45, 7) is 0. The van der Waals surface area contributed by atoms with Crippen LogP contribution in [0.15, 0.2) is 582 Å². The van der Waals surface area contributed by atoms with E-state index in [0.717, 1.165) is 0 Å². The summed E-state index contributed by atoms with van der Waals surface area (Å²) in [5, 5.41) is 23.3. The van der Waals surface area contributed by atoms with Crippen molar-refractivity contribution in [3.63, 3.8) is 0 Å². The van der Waals surface area contributed by atoms with Crippen LogP contribution in [0.3, 0.4) is 0 Å². The summed E-state index contributed by atoms with van der Waals surface area (Å²) in [4.78, 5) is 0. The minimum atomic E-state index is 1.20. The second kappa shape index (κ2) is 38.6. The quantitative estimate of drug-likeness (QED) is 0.0898. The van der Waals surface area contributed by atoms with Crippen molar-refractivity contribution in [3.05, 3.63) is 582 Å². The van der Waals surface area contributed by atoms with Gasteiger partial charge in [-0.05, 0) is 343 Å². The fourth-order valence-corrected chi connectivity index (χ4v) is 21.9. The molecule has 0 N–H and O–H groups in total. The molecule has 0 fully saturated rings. The first kappa shape index (κ1) is 86.8. The zero-order valence-corrected chi connectivity index (χ0v) is 79.4. The van der Waals surface area contributed by atoms with E-state index in [1.165, 1.54) is 264 Å². The Morgan fingerprint density at radius 2 is 0.188 bits per heavy atom. The van der Waals surface area contributed by atoms with Gasteiger partial charge < -0.3 is 0 Å². The van der Waals surface area contributed by atoms with Crippen LogP contribution in [0.25, 0.3) is 264 Å². The topological polar surface area (TPSA) is 0 Å². The van der Waals surface area contributed by atoms with E-state index < -0.39 is 0 Å². The number of fused-ring (bicyclic) bond motifs is 18. The van der Waals surface area contributed by atoms with Crippen LogP contribution in [0.4, 0.5) is 0 Å². The molecule has 0 aliphatic carbocycles. The minimum absolute atomic E-state index is 1.20. The van der Waals surface area contributed by atoms with Crippen molar-refractivity contribution in [2.45, 2.75) is 0 Å². The Kier molecular flexibility index (Phi) is 23.3. The van der Waals surface area contributed by atoms with Gasteiger partial charge in [0.25, 0.3) is 0 Å². The molecule has 0 heteroatoms. The van der Waals surface area contributed by atoms with Crippen LogP contribution in [-0.4, -0.2) is 0 Å². The second-order valence-electron chi connectivity index (χ2n) is 37.5. The van der Waals surface area contributed by atoms with E-state index >= 15 is 0 Å².